The molecule has 1 aromatic carbocycles. The van der Waals surface area contributed by atoms with Gasteiger partial charge in [-0.1, -0.05) is 11.6 Å². The highest BCUT2D eigenvalue weighted by atomic mass is 35.5. The molecule has 0 atom stereocenters. The van der Waals surface area contributed by atoms with Gasteiger partial charge in [0.2, 0.25) is 0 Å². The average molecular weight is 281 g/mol. The first-order valence-corrected chi connectivity index (χ1v) is 5.57. The highest BCUT2D eigenvalue weighted by Crippen LogP contribution is 2.25. The van der Waals surface area contributed by atoms with Gasteiger partial charge in [0.25, 0.3) is 5.91 Å². The van der Waals surface area contributed by atoms with Crippen LogP contribution in [0.2, 0.25) is 5.02 Å². The van der Waals surface area contributed by atoms with E-state index in [2.05, 4.69) is 10.3 Å². The highest BCUT2D eigenvalue weighted by molar-refractivity contribution is 6.31. The van der Waals surface area contributed by atoms with E-state index in [9.17, 15) is 14.7 Å². The van der Waals surface area contributed by atoms with Gasteiger partial charge in [-0.2, -0.15) is 0 Å². The third-order valence-corrected chi connectivity index (χ3v) is 2.60. The van der Waals surface area contributed by atoms with E-state index in [0.717, 1.165) is 0 Å². The molecule has 2 aromatic rings. The van der Waals surface area contributed by atoms with Gasteiger partial charge in [-0.3, -0.25) is 4.79 Å². The van der Waals surface area contributed by atoms with Gasteiger partial charge in [0.05, 0.1) is 16.3 Å². The van der Waals surface area contributed by atoms with Crippen molar-refractivity contribution < 1.29 is 19.8 Å². The molecule has 0 bridgehead atoms. The summed E-state index contributed by atoms with van der Waals surface area (Å²) in [6.07, 6.45) is 1.43. The maximum absolute atomic E-state index is 11.8. The molecule has 0 radical (unpaired) electrons. The van der Waals surface area contributed by atoms with Crippen molar-refractivity contribution in [2.75, 3.05) is 5.32 Å². The van der Waals surface area contributed by atoms with Gasteiger partial charge in [-0.05, 0) is 24.3 Å². The third-order valence-electron chi connectivity index (χ3n) is 2.38. The first kappa shape index (κ1) is 13.0. The van der Waals surface area contributed by atoms with Crippen LogP contribution in [0.1, 0.15) is 20.8 Å². The molecule has 6 nitrogen and oxygen atoms in total. The Morgan fingerprint density at radius 2 is 2.00 bits per heavy atom. The molecule has 19 heavy (non-hydrogen) atoms. The second-order valence-electron chi connectivity index (χ2n) is 3.72. The van der Waals surface area contributed by atoms with Gasteiger partial charge in [0.15, 0.2) is 0 Å². The normalized spacial score (nSPS) is 10.2. The Kier molecular flexibility index (Phi) is 3.43. The van der Waals surface area contributed by atoms with Gasteiger partial charge in [0, 0.05) is 6.20 Å². The molecule has 0 unspecified atom stereocenters. The van der Waals surface area contributed by atoms with Gasteiger partial charge in [-0.15, -0.1) is 0 Å². The molecule has 1 amide bonds. The molecule has 4 N–H and O–H groups in total. The number of nitrogens with one attached hydrogen (secondary N) is 2. The van der Waals surface area contributed by atoms with E-state index in [1.54, 1.807) is 0 Å². The topological polar surface area (TPSA) is 102 Å². The van der Waals surface area contributed by atoms with E-state index in [-0.39, 0.29) is 22.7 Å². The van der Waals surface area contributed by atoms with E-state index in [1.165, 1.54) is 30.5 Å². The van der Waals surface area contributed by atoms with Crippen LogP contribution >= 0.6 is 11.6 Å². The van der Waals surface area contributed by atoms with Crippen molar-refractivity contribution in [2.24, 2.45) is 0 Å². The van der Waals surface area contributed by atoms with Crippen LogP contribution < -0.4 is 5.32 Å². The van der Waals surface area contributed by atoms with Crippen LogP contribution in [0.4, 0.5) is 5.69 Å². The predicted molar refractivity (Wildman–Crippen MR) is 68.8 cm³/mol. The number of amides is 1. The number of aromatic carboxylic acids is 1. The standard InChI is InChI=1S/C12H9ClN2O4/c13-7-4-9(14-5-7)11(17)15-8-3-6(12(18)19)1-2-10(8)16/h1-5,14,16H,(H,15,17)(H,18,19). The lowest BCUT2D eigenvalue weighted by molar-refractivity contribution is 0.0696. The number of halogens is 1. The largest absolute Gasteiger partial charge is 0.506 e. The number of hydrogen-bond acceptors (Lipinski definition) is 3. The number of carboxylic acid groups (broad SMARTS) is 1. The van der Waals surface area contributed by atoms with E-state index in [0.29, 0.717) is 5.02 Å². The molecule has 0 aliphatic heterocycles. The molecule has 1 aromatic heterocycles. The van der Waals surface area contributed by atoms with Crippen LogP contribution in [0.25, 0.3) is 0 Å². The Morgan fingerprint density at radius 1 is 1.26 bits per heavy atom. The zero-order chi connectivity index (χ0) is 14.0. The molecule has 7 heteroatoms. The fraction of sp³-hybridized carbons (Fsp3) is 0. The number of carboxylic acids is 1. The molecular formula is C12H9ClN2O4. The predicted octanol–water partition coefficient (Wildman–Crippen LogP) is 2.32. The summed E-state index contributed by atoms with van der Waals surface area (Å²) in [4.78, 5) is 25.2. The van der Waals surface area contributed by atoms with Gasteiger partial charge in [0.1, 0.15) is 11.4 Å². The summed E-state index contributed by atoms with van der Waals surface area (Å²) in [6.45, 7) is 0. The lowest BCUT2D eigenvalue weighted by Crippen LogP contribution is -2.12. The minimum atomic E-state index is -1.15. The summed E-state index contributed by atoms with van der Waals surface area (Å²) in [6, 6.07) is 5.01. The molecule has 0 spiro atoms. The fourth-order valence-electron chi connectivity index (χ4n) is 1.46. The molecule has 0 saturated heterocycles. The molecule has 0 aliphatic carbocycles. The molecule has 0 fully saturated rings. The van der Waals surface area contributed by atoms with Crippen LogP contribution in [-0.2, 0) is 0 Å². The van der Waals surface area contributed by atoms with Gasteiger partial charge < -0.3 is 20.5 Å². The number of carbonyl (C=O) groups is 2. The van der Waals surface area contributed by atoms with Gasteiger partial charge in [-0.25, -0.2) is 4.79 Å². The lowest BCUT2D eigenvalue weighted by atomic mass is 10.2. The third kappa shape index (κ3) is 2.86. The molecule has 1 heterocycles. The van der Waals surface area contributed by atoms with E-state index in [4.69, 9.17) is 16.7 Å². The number of H-pyrrole nitrogens is 1. The minimum absolute atomic E-state index is 0.00984. The van der Waals surface area contributed by atoms with Crippen LogP contribution in [0.15, 0.2) is 30.5 Å². The maximum atomic E-state index is 11.8. The lowest BCUT2D eigenvalue weighted by Gasteiger charge is -2.07. The average Bonchev–Trinajstić information content (AvgIpc) is 2.78. The summed E-state index contributed by atoms with van der Waals surface area (Å²) < 4.78 is 0. The second kappa shape index (κ2) is 5.03. The number of hydrogen-bond donors (Lipinski definition) is 4. The summed E-state index contributed by atoms with van der Waals surface area (Å²) in [5.74, 6) is -1.92. The first-order chi connectivity index (χ1) is 8.97. The smallest absolute Gasteiger partial charge is 0.335 e. The number of anilines is 1. The van der Waals surface area contributed by atoms with Crippen molar-refractivity contribution in [2.45, 2.75) is 0 Å². The summed E-state index contributed by atoms with van der Waals surface area (Å²) >= 11 is 5.67. The van der Waals surface area contributed by atoms with Crippen LogP contribution in [0.3, 0.4) is 0 Å². The van der Waals surface area contributed by atoms with Crippen molar-refractivity contribution in [1.82, 2.24) is 4.98 Å². The fourth-order valence-corrected chi connectivity index (χ4v) is 1.62. The zero-order valence-electron chi connectivity index (χ0n) is 9.48. The SMILES string of the molecule is O=C(O)c1ccc(O)c(NC(=O)c2cc(Cl)c[nH]2)c1. The Morgan fingerprint density at radius 3 is 2.58 bits per heavy atom. The number of aromatic amines is 1. The maximum Gasteiger partial charge on any atom is 0.335 e. The minimum Gasteiger partial charge on any atom is -0.506 e. The van der Waals surface area contributed by atoms with Crippen molar-refractivity contribution in [3.05, 3.63) is 46.7 Å². The summed E-state index contributed by atoms with van der Waals surface area (Å²) in [5, 5.41) is 21.2. The number of phenols is 1. The number of aromatic hydroxyl groups is 1. The Bertz CT molecular complexity index is 651. The molecule has 0 saturated carbocycles. The van der Waals surface area contributed by atoms with Gasteiger partial charge >= 0.3 is 5.97 Å². The number of rotatable bonds is 3. The van der Waals surface area contributed by atoms with Crippen LogP contribution in [0.5, 0.6) is 5.75 Å². The Labute approximate surface area is 112 Å². The van der Waals surface area contributed by atoms with Crippen molar-refractivity contribution in [3.63, 3.8) is 0 Å². The molecular weight excluding hydrogens is 272 g/mol. The Hall–Kier alpha value is -2.47. The number of benzene rings is 1. The highest BCUT2D eigenvalue weighted by Gasteiger charge is 2.13. The number of carbonyl (C=O) groups excluding carboxylic acids is 1. The summed E-state index contributed by atoms with van der Waals surface area (Å²) in [7, 11) is 0. The Balaban J connectivity index is 2.25. The second-order valence-corrected chi connectivity index (χ2v) is 4.16. The molecule has 98 valence electrons. The van der Waals surface area contributed by atoms with Crippen molar-refractivity contribution in [3.8, 4) is 5.75 Å². The van der Waals surface area contributed by atoms with E-state index >= 15 is 0 Å². The van der Waals surface area contributed by atoms with Crippen LogP contribution in [-0.4, -0.2) is 27.1 Å². The number of phenolic OH excluding ortho intramolecular Hbond substituents is 1. The molecule has 0 aliphatic rings. The van der Waals surface area contributed by atoms with E-state index in [1.807, 2.05) is 0 Å². The monoisotopic (exact) mass is 280 g/mol. The van der Waals surface area contributed by atoms with E-state index < -0.39 is 11.9 Å². The zero-order valence-corrected chi connectivity index (χ0v) is 10.2. The van der Waals surface area contributed by atoms with Crippen molar-refractivity contribution in [1.29, 1.82) is 0 Å². The quantitative estimate of drug-likeness (QED) is 0.648. The number of aromatic nitrogens is 1. The first-order valence-electron chi connectivity index (χ1n) is 5.19. The van der Waals surface area contributed by atoms with Crippen molar-refractivity contribution >= 4 is 29.2 Å². The summed E-state index contributed by atoms with van der Waals surface area (Å²) in [5.41, 5.74) is 0.165. The van der Waals surface area contributed by atoms with Crippen LogP contribution in [0, 0.1) is 0 Å². The molecule has 2 rings (SSSR count).